The van der Waals surface area contributed by atoms with E-state index in [0.717, 1.165) is 17.5 Å². The predicted octanol–water partition coefficient (Wildman–Crippen LogP) is 2.49. The Kier molecular flexibility index (Phi) is 3.70. The minimum atomic E-state index is 0.562. The molecule has 100 valence electrons. The Morgan fingerprint density at radius 1 is 1.42 bits per heavy atom. The molecule has 1 atom stereocenters. The summed E-state index contributed by atoms with van der Waals surface area (Å²) in [6.45, 7) is 2.31. The molecule has 2 aromatic rings. The fourth-order valence-corrected chi connectivity index (χ4v) is 3.21. The first-order chi connectivity index (χ1) is 9.31. The van der Waals surface area contributed by atoms with E-state index in [4.69, 9.17) is 0 Å². The lowest BCUT2D eigenvalue weighted by atomic mass is 9.96. The van der Waals surface area contributed by atoms with E-state index in [1.807, 2.05) is 0 Å². The normalized spacial score (nSPS) is 20.4. The van der Waals surface area contributed by atoms with Gasteiger partial charge in [0.2, 0.25) is 0 Å². The minimum absolute atomic E-state index is 0.562. The van der Waals surface area contributed by atoms with Gasteiger partial charge in [-0.2, -0.15) is 0 Å². The molecule has 1 aliphatic rings. The van der Waals surface area contributed by atoms with Gasteiger partial charge < -0.3 is 10.2 Å². The first-order valence-corrected chi connectivity index (χ1v) is 7.36. The standard InChI is InChI=1S/C13H17N5S/c1-18-6-2-3-10(8-18)11-9-19-13(16-11)17-12-7-14-4-5-15-12/h4-5,7,9-10H,2-3,6,8H2,1H3,(H,15,16,17). The SMILES string of the molecule is CN1CCCC(c2csc(Nc3cnccn3)n2)C1. The molecule has 0 spiro atoms. The molecule has 1 aliphatic heterocycles. The molecule has 0 saturated carbocycles. The van der Waals surface area contributed by atoms with Gasteiger partial charge >= 0.3 is 0 Å². The second-order valence-corrected chi connectivity index (χ2v) is 5.75. The Bertz CT molecular complexity index is 527. The Labute approximate surface area is 116 Å². The van der Waals surface area contributed by atoms with E-state index in [-0.39, 0.29) is 0 Å². The lowest BCUT2D eigenvalue weighted by Gasteiger charge is -2.28. The van der Waals surface area contributed by atoms with E-state index in [2.05, 4.69) is 37.6 Å². The number of hydrogen-bond acceptors (Lipinski definition) is 6. The number of anilines is 2. The summed E-state index contributed by atoms with van der Waals surface area (Å²) in [7, 11) is 2.18. The smallest absolute Gasteiger partial charge is 0.188 e. The Morgan fingerprint density at radius 3 is 3.16 bits per heavy atom. The largest absolute Gasteiger partial charge is 0.315 e. The summed E-state index contributed by atoms with van der Waals surface area (Å²) in [4.78, 5) is 15.3. The Balaban J connectivity index is 1.69. The highest BCUT2D eigenvalue weighted by Crippen LogP contribution is 2.29. The molecule has 19 heavy (non-hydrogen) atoms. The Hall–Kier alpha value is -1.53. The van der Waals surface area contributed by atoms with Crippen LogP contribution in [0.15, 0.2) is 24.0 Å². The fraction of sp³-hybridized carbons (Fsp3) is 0.462. The van der Waals surface area contributed by atoms with Gasteiger partial charge in [-0.25, -0.2) is 9.97 Å². The van der Waals surface area contributed by atoms with Crippen LogP contribution < -0.4 is 5.32 Å². The molecule has 5 nitrogen and oxygen atoms in total. The molecule has 3 rings (SSSR count). The zero-order chi connectivity index (χ0) is 13.1. The quantitative estimate of drug-likeness (QED) is 0.932. The van der Waals surface area contributed by atoms with Crippen LogP contribution in [0.5, 0.6) is 0 Å². The summed E-state index contributed by atoms with van der Waals surface area (Å²) in [6, 6.07) is 0. The molecular formula is C13H17N5S. The number of piperidine rings is 1. The zero-order valence-corrected chi connectivity index (χ0v) is 11.7. The summed E-state index contributed by atoms with van der Waals surface area (Å²) in [5, 5.41) is 6.24. The molecular weight excluding hydrogens is 258 g/mol. The Morgan fingerprint density at radius 2 is 2.37 bits per heavy atom. The lowest BCUT2D eigenvalue weighted by Crippen LogP contribution is -2.30. The van der Waals surface area contributed by atoms with Crippen LogP contribution in [0.4, 0.5) is 10.9 Å². The van der Waals surface area contributed by atoms with Crippen molar-refractivity contribution in [3.63, 3.8) is 0 Å². The monoisotopic (exact) mass is 275 g/mol. The van der Waals surface area contributed by atoms with Crippen molar-refractivity contribution >= 4 is 22.3 Å². The van der Waals surface area contributed by atoms with Crippen LogP contribution in [-0.2, 0) is 0 Å². The first kappa shape index (κ1) is 12.5. The van der Waals surface area contributed by atoms with Gasteiger partial charge in [0.1, 0.15) is 0 Å². The van der Waals surface area contributed by atoms with Gasteiger partial charge in [-0.1, -0.05) is 0 Å². The summed E-state index contributed by atoms with van der Waals surface area (Å²) < 4.78 is 0. The van der Waals surface area contributed by atoms with Crippen molar-refractivity contribution in [1.82, 2.24) is 19.9 Å². The van der Waals surface area contributed by atoms with E-state index in [1.165, 1.54) is 25.1 Å². The van der Waals surface area contributed by atoms with Gasteiger partial charge in [0.15, 0.2) is 10.9 Å². The number of nitrogens with zero attached hydrogens (tertiary/aromatic N) is 4. The molecule has 6 heteroatoms. The van der Waals surface area contributed by atoms with Crippen LogP contribution >= 0.6 is 11.3 Å². The number of hydrogen-bond donors (Lipinski definition) is 1. The summed E-state index contributed by atoms with van der Waals surface area (Å²) >= 11 is 1.63. The number of likely N-dealkylation sites (tertiary alicyclic amines) is 1. The average molecular weight is 275 g/mol. The van der Waals surface area contributed by atoms with Gasteiger partial charge in [0.05, 0.1) is 11.9 Å². The number of rotatable bonds is 3. The molecule has 1 saturated heterocycles. The second kappa shape index (κ2) is 5.63. The maximum absolute atomic E-state index is 4.68. The molecule has 0 aliphatic carbocycles. The van der Waals surface area contributed by atoms with Gasteiger partial charge in [-0.05, 0) is 26.4 Å². The molecule has 1 unspecified atom stereocenters. The van der Waals surface area contributed by atoms with Crippen molar-refractivity contribution in [3.05, 3.63) is 29.7 Å². The van der Waals surface area contributed by atoms with Crippen LogP contribution in [0.25, 0.3) is 0 Å². The molecule has 0 aromatic carbocycles. The van der Waals surface area contributed by atoms with Gasteiger partial charge in [-0.3, -0.25) is 4.98 Å². The molecule has 0 amide bonds. The fourth-order valence-electron chi connectivity index (χ4n) is 2.41. The van der Waals surface area contributed by atoms with E-state index >= 15 is 0 Å². The lowest BCUT2D eigenvalue weighted by molar-refractivity contribution is 0.249. The highest BCUT2D eigenvalue weighted by molar-refractivity contribution is 7.13. The molecule has 1 fully saturated rings. The highest BCUT2D eigenvalue weighted by atomic mass is 32.1. The maximum Gasteiger partial charge on any atom is 0.188 e. The van der Waals surface area contributed by atoms with E-state index in [0.29, 0.717) is 5.92 Å². The van der Waals surface area contributed by atoms with Crippen LogP contribution in [0.1, 0.15) is 24.5 Å². The highest BCUT2D eigenvalue weighted by Gasteiger charge is 2.21. The van der Waals surface area contributed by atoms with Crippen LogP contribution in [-0.4, -0.2) is 40.0 Å². The first-order valence-electron chi connectivity index (χ1n) is 6.48. The summed E-state index contributed by atoms with van der Waals surface area (Å²) in [5.74, 6) is 1.30. The van der Waals surface area contributed by atoms with Gasteiger partial charge in [-0.15, -0.1) is 11.3 Å². The topological polar surface area (TPSA) is 53.9 Å². The molecule has 0 bridgehead atoms. The maximum atomic E-state index is 4.68. The predicted molar refractivity (Wildman–Crippen MR) is 76.9 cm³/mol. The minimum Gasteiger partial charge on any atom is -0.315 e. The third-order valence-corrected chi connectivity index (χ3v) is 4.14. The summed E-state index contributed by atoms with van der Waals surface area (Å²) in [5.41, 5.74) is 1.20. The number of nitrogens with one attached hydrogen (secondary N) is 1. The number of aromatic nitrogens is 3. The number of thiazole rings is 1. The van der Waals surface area contributed by atoms with Crippen molar-refractivity contribution in [2.75, 3.05) is 25.5 Å². The second-order valence-electron chi connectivity index (χ2n) is 4.89. The molecule has 1 N–H and O–H groups in total. The van der Waals surface area contributed by atoms with Crippen molar-refractivity contribution in [1.29, 1.82) is 0 Å². The van der Waals surface area contributed by atoms with E-state index in [1.54, 1.807) is 29.9 Å². The van der Waals surface area contributed by atoms with Crippen molar-refractivity contribution in [3.8, 4) is 0 Å². The summed E-state index contributed by atoms with van der Waals surface area (Å²) in [6.07, 6.45) is 7.53. The molecule has 0 radical (unpaired) electrons. The average Bonchev–Trinajstić information content (AvgIpc) is 2.88. The van der Waals surface area contributed by atoms with E-state index in [9.17, 15) is 0 Å². The third-order valence-electron chi connectivity index (χ3n) is 3.36. The van der Waals surface area contributed by atoms with Crippen LogP contribution in [0, 0.1) is 0 Å². The van der Waals surface area contributed by atoms with Crippen LogP contribution in [0.2, 0.25) is 0 Å². The van der Waals surface area contributed by atoms with E-state index < -0.39 is 0 Å². The third kappa shape index (κ3) is 3.08. The van der Waals surface area contributed by atoms with Gasteiger partial charge in [0.25, 0.3) is 0 Å². The van der Waals surface area contributed by atoms with Crippen molar-refractivity contribution < 1.29 is 0 Å². The van der Waals surface area contributed by atoms with Crippen molar-refractivity contribution in [2.45, 2.75) is 18.8 Å². The number of likely N-dealkylation sites (N-methyl/N-ethyl adjacent to an activating group) is 1. The van der Waals surface area contributed by atoms with Crippen LogP contribution in [0.3, 0.4) is 0 Å². The molecule has 3 heterocycles. The van der Waals surface area contributed by atoms with Crippen molar-refractivity contribution in [2.24, 2.45) is 0 Å². The van der Waals surface area contributed by atoms with Gasteiger partial charge in [0, 0.05) is 30.2 Å². The zero-order valence-electron chi connectivity index (χ0n) is 10.9. The molecule has 2 aromatic heterocycles.